The molecule has 1 aromatic carbocycles. The molecule has 1 saturated heterocycles. The molecule has 8 heteroatoms. The fourth-order valence-electron chi connectivity index (χ4n) is 3.24. The Hall–Kier alpha value is -2.90. The van der Waals surface area contributed by atoms with Crippen molar-refractivity contribution in [2.24, 2.45) is 0 Å². The number of rotatable bonds is 2. The van der Waals surface area contributed by atoms with E-state index >= 15 is 0 Å². The maximum atomic E-state index is 12.9. The van der Waals surface area contributed by atoms with Crippen LogP contribution in [-0.4, -0.2) is 46.6 Å². The summed E-state index contributed by atoms with van der Waals surface area (Å²) in [6.45, 7) is 2.98. The molecule has 130 valence electrons. The van der Waals surface area contributed by atoms with Crippen molar-refractivity contribution in [1.29, 1.82) is 0 Å². The van der Waals surface area contributed by atoms with Gasteiger partial charge >= 0.3 is 0 Å². The van der Waals surface area contributed by atoms with Crippen LogP contribution in [-0.2, 0) is 4.79 Å². The lowest BCUT2D eigenvalue weighted by atomic mass is 9.96. The minimum Gasteiger partial charge on any atom is -0.482 e. The number of likely N-dealkylation sites (tertiary alicyclic amines) is 1. The van der Waals surface area contributed by atoms with E-state index in [0.29, 0.717) is 41.8 Å². The Kier molecular flexibility index (Phi) is 3.87. The topological polar surface area (TPSA) is 97.6 Å². The monoisotopic (exact) mass is 342 g/mol. The van der Waals surface area contributed by atoms with E-state index in [1.807, 2.05) is 4.90 Å². The molecule has 4 rings (SSSR count). The average Bonchev–Trinajstić information content (AvgIpc) is 3.07. The van der Waals surface area contributed by atoms with Gasteiger partial charge in [-0.2, -0.15) is 4.98 Å². The number of nitrogens with zero attached hydrogens (tertiary/aromatic N) is 3. The summed E-state index contributed by atoms with van der Waals surface area (Å²) < 4.78 is 10.4. The van der Waals surface area contributed by atoms with Crippen LogP contribution in [0.1, 0.15) is 40.8 Å². The standard InChI is InChI=1S/C17H18N4O4/c1-10-18-16(20-25-10)12-3-2-6-21(8-12)17(23)11-4-5-13-14(7-11)24-9-15(22)19-13/h4-5,7,12H,2-3,6,8-9H2,1H3,(H,19,22)/t12-/m0/s1. The quantitative estimate of drug-likeness (QED) is 0.892. The summed E-state index contributed by atoms with van der Waals surface area (Å²) in [6.07, 6.45) is 1.82. The molecule has 3 heterocycles. The number of nitrogens with one attached hydrogen (secondary N) is 1. The van der Waals surface area contributed by atoms with Gasteiger partial charge in [0.05, 0.1) is 5.69 Å². The average molecular weight is 342 g/mol. The minimum atomic E-state index is -0.194. The third-order valence-electron chi connectivity index (χ3n) is 4.48. The highest BCUT2D eigenvalue weighted by atomic mass is 16.5. The summed E-state index contributed by atoms with van der Waals surface area (Å²) in [6, 6.07) is 5.08. The number of hydrogen-bond donors (Lipinski definition) is 1. The Morgan fingerprint density at radius 1 is 1.40 bits per heavy atom. The van der Waals surface area contributed by atoms with Crippen LogP contribution in [0.15, 0.2) is 22.7 Å². The van der Waals surface area contributed by atoms with Gasteiger partial charge in [-0.1, -0.05) is 5.16 Å². The predicted molar refractivity (Wildman–Crippen MR) is 87.5 cm³/mol. The van der Waals surface area contributed by atoms with Crippen molar-refractivity contribution in [3.8, 4) is 5.75 Å². The summed E-state index contributed by atoms with van der Waals surface area (Å²) in [4.78, 5) is 30.3. The van der Waals surface area contributed by atoms with Crippen LogP contribution in [0.3, 0.4) is 0 Å². The maximum Gasteiger partial charge on any atom is 0.262 e. The molecule has 0 bridgehead atoms. The number of anilines is 1. The van der Waals surface area contributed by atoms with Crippen molar-refractivity contribution in [1.82, 2.24) is 15.0 Å². The van der Waals surface area contributed by atoms with Gasteiger partial charge in [-0.15, -0.1) is 0 Å². The van der Waals surface area contributed by atoms with E-state index < -0.39 is 0 Å². The summed E-state index contributed by atoms with van der Waals surface area (Å²) in [7, 11) is 0. The van der Waals surface area contributed by atoms with Crippen molar-refractivity contribution in [3.05, 3.63) is 35.5 Å². The van der Waals surface area contributed by atoms with Crippen molar-refractivity contribution in [2.75, 3.05) is 25.0 Å². The highest BCUT2D eigenvalue weighted by molar-refractivity contribution is 5.99. The molecule has 0 saturated carbocycles. The smallest absolute Gasteiger partial charge is 0.262 e. The molecule has 2 amide bonds. The van der Waals surface area contributed by atoms with Gasteiger partial charge < -0.3 is 19.5 Å². The summed E-state index contributed by atoms with van der Waals surface area (Å²) in [5.41, 5.74) is 1.13. The number of carbonyl (C=O) groups is 2. The Balaban J connectivity index is 1.51. The Morgan fingerprint density at radius 3 is 3.08 bits per heavy atom. The number of aromatic nitrogens is 2. The van der Waals surface area contributed by atoms with Gasteiger partial charge in [0.2, 0.25) is 5.89 Å². The molecule has 1 N–H and O–H groups in total. The molecule has 0 aliphatic carbocycles. The number of ether oxygens (including phenoxy) is 1. The number of aryl methyl sites for hydroxylation is 1. The van der Waals surface area contributed by atoms with E-state index in [4.69, 9.17) is 9.26 Å². The van der Waals surface area contributed by atoms with Gasteiger partial charge in [0.15, 0.2) is 12.4 Å². The highest BCUT2D eigenvalue weighted by Gasteiger charge is 2.29. The first kappa shape index (κ1) is 15.6. The molecular formula is C17H18N4O4. The van der Waals surface area contributed by atoms with Crippen LogP contribution in [0.25, 0.3) is 0 Å². The lowest BCUT2D eigenvalue weighted by molar-refractivity contribution is -0.118. The zero-order valence-electron chi connectivity index (χ0n) is 13.8. The van der Waals surface area contributed by atoms with Crippen molar-refractivity contribution >= 4 is 17.5 Å². The summed E-state index contributed by atoms with van der Waals surface area (Å²) in [5.74, 6) is 1.55. The summed E-state index contributed by atoms with van der Waals surface area (Å²) in [5, 5.41) is 6.71. The molecule has 2 aliphatic heterocycles. The second-order valence-corrected chi connectivity index (χ2v) is 6.31. The van der Waals surface area contributed by atoms with Gasteiger partial charge in [0.1, 0.15) is 5.75 Å². The Labute approximate surface area is 144 Å². The predicted octanol–water partition coefficient (Wildman–Crippen LogP) is 1.73. The molecule has 1 fully saturated rings. The zero-order valence-corrected chi connectivity index (χ0v) is 13.8. The highest BCUT2D eigenvalue weighted by Crippen LogP contribution is 2.30. The molecule has 0 spiro atoms. The van der Waals surface area contributed by atoms with Crippen molar-refractivity contribution in [3.63, 3.8) is 0 Å². The molecule has 1 atom stereocenters. The number of carbonyl (C=O) groups excluding carboxylic acids is 2. The number of benzene rings is 1. The number of fused-ring (bicyclic) bond motifs is 1. The van der Waals surface area contributed by atoms with Gasteiger partial charge in [0, 0.05) is 31.5 Å². The normalized spacial score (nSPS) is 19.8. The zero-order chi connectivity index (χ0) is 17.4. The second kappa shape index (κ2) is 6.19. The Morgan fingerprint density at radius 2 is 2.28 bits per heavy atom. The number of hydrogen-bond acceptors (Lipinski definition) is 6. The molecule has 8 nitrogen and oxygen atoms in total. The van der Waals surface area contributed by atoms with Crippen LogP contribution in [0.5, 0.6) is 5.75 Å². The van der Waals surface area contributed by atoms with E-state index in [1.54, 1.807) is 25.1 Å². The maximum absolute atomic E-state index is 12.9. The Bertz CT molecular complexity index is 832. The van der Waals surface area contributed by atoms with Crippen LogP contribution < -0.4 is 10.1 Å². The SMILES string of the molecule is Cc1nc([C@H]2CCCN(C(=O)c3ccc4c(c3)OCC(=O)N4)C2)no1. The molecule has 0 unspecified atom stereocenters. The largest absolute Gasteiger partial charge is 0.482 e. The molecule has 25 heavy (non-hydrogen) atoms. The molecular weight excluding hydrogens is 324 g/mol. The van der Waals surface area contributed by atoms with E-state index in [2.05, 4.69) is 15.5 Å². The van der Waals surface area contributed by atoms with Crippen LogP contribution in [0.2, 0.25) is 0 Å². The van der Waals surface area contributed by atoms with Gasteiger partial charge in [0.25, 0.3) is 11.8 Å². The number of piperidine rings is 1. The molecule has 2 aliphatic rings. The van der Waals surface area contributed by atoms with Crippen molar-refractivity contribution in [2.45, 2.75) is 25.7 Å². The molecule has 1 aromatic heterocycles. The molecule has 2 aromatic rings. The third kappa shape index (κ3) is 3.07. The van der Waals surface area contributed by atoms with Crippen molar-refractivity contribution < 1.29 is 18.8 Å². The first-order valence-electron chi connectivity index (χ1n) is 8.26. The lowest BCUT2D eigenvalue weighted by Crippen LogP contribution is -2.39. The van der Waals surface area contributed by atoms with E-state index in [0.717, 1.165) is 12.8 Å². The van der Waals surface area contributed by atoms with E-state index in [9.17, 15) is 9.59 Å². The van der Waals surface area contributed by atoms with Crippen LogP contribution >= 0.6 is 0 Å². The van der Waals surface area contributed by atoms with Gasteiger partial charge in [-0.25, -0.2) is 0 Å². The van der Waals surface area contributed by atoms with Gasteiger partial charge in [-0.05, 0) is 31.0 Å². The van der Waals surface area contributed by atoms with Crippen LogP contribution in [0.4, 0.5) is 5.69 Å². The first-order chi connectivity index (χ1) is 12.1. The summed E-state index contributed by atoms with van der Waals surface area (Å²) >= 11 is 0. The minimum absolute atomic E-state index is 0.0341. The fourth-order valence-corrected chi connectivity index (χ4v) is 3.24. The number of amides is 2. The molecule has 0 radical (unpaired) electrons. The lowest BCUT2D eigenvalue weighted by Gasteiger charge is -2.31. The first-order valence-corrected chi connectivity index (χ1v) is 8.26. The van der Waals surface area contributed by atoms with Crippen LogP contribution in [0, 0.1) is 6.92 Å². The van der Waals surface area contributed by atoms with E-state index in [-0.39, 0.29) is 24.3 Å². The fraction of sp³-hybridized carbons (Fsp3) is 0.412. The second-order valence-electron chi connectivity index (χ2n) is 6.31. The third-order valence-corrected chi connectivity index (χ3v) is 4.48. The van der Waals surface area contributed by atoms with E-state index in [1.165, 1.54) is 0 Å². The van der Waals surface area contributed by atoms with Gasteiger partial charge in [-0.3, -0.25) is 9.59 Å².